The normalized spacial score (nSPS) is 20.4. The van der Waals surface area contributed by atoms with Crippen molar-refractivity contribution in [2.24, 2.45) is 0 Å². The molecule has 0 amide bonds. The molecule has 0 spiro atoms. The van der Waals surface area contributed by atoms with Crippen LogP contribution in [0.25, 0.3) is 0 Å². The highest BCUT2D eigenvalue weighted by Crippen LogP contribution is 2.25. The Bertz CT molecular complexity index is 889. The van der Waals surface area contributed by atoms with Crippen LogP contribution in [0.3, 0.4) is 0 Å². The summed E-state index contributed by atoms with van der Waals surface area (Å²) in [6, 6.07) is 4.72. The first-order valence-electron chi connectivity index (χ1n) is 8.70. The van der Waals surface area contributed by atoms with Crippen molar-refractivity contribution in [3.63, 3.8) is 0 Å². The molecule has 0 unspecified atom stereocenters. The summed E-state index contributed by atoms with van der Waals surface area (Å²) < 4.78 is 60.4. The van der Waals surface area contributed by atoms with Crippen LogP contribution in [0, 0.1) is 25.5 Å². The van der Waals surface area contributed by atoms with E-state index in [2.05, 4.69) is 14.7 Å². The lowest BCUT2D eigenvalue weighted by Gasteiger charge is -2.28. The highest BCUT2D eigenvalue weighted by Gasteiger charge is 2.30. The van der Waals surface area contributed by atoms with Gasteiger partial charge in [-0.2, -0.15) is 0 Å². The summed E-state index contributed by atoms with van der Waals surface area (Å²) in [7, 11) is -4.27. The quantitative estimate of drug-likeness (QED) is 0.839. The van der Waals surface area contributed by atoms with Crippen LogP contribution in [-0.4, -0.2) is 30.5 Å². The van der Waals surface area contributed by atoms with Crippen LogP contribution in [-0.2, 0) is 10.0 Å². The van der Waals surface area contributed by atoms with Crippen LogP contribution in [0.2, 0.25) is 0 Å². The van der Waals surface area contributed by atoms with Crippen LogP contribution in [0.15, 0.2) is 29.2 Å². The molecule has 0 aliphatic heterocycles. The van der Waals surface area contributed by atoms with E-state index in [1.54, 1.807) is 0 Å². The Morgan fingerprint density at radius 2 is 1.59 bits per heavy atom. The summed E-state index contributed by atoms with van der Waals surface area (Å²) >= 11 is 0. The first-order valence-corrected chi connectivity index (χ1v) is 10.2. The fraction of sp³-hybridized carbons (Fsp3) is 0.444. The Hall–Kier alpha value is -2.13. The molecule has 0 saturated heterocycles. The molecule has 1 heterocycles. The van der Waals surface area contributed by atoms with Gasteiger partial charge in [-0.3, -0.25) is 0 Å². The highest BCUT2D eigenvalue weighted by atomic mass is 32.2. The van der Waals surface area contributed by atoms with Crippen molar-refractivity contribution in [3.05, 3.63) is 47.3 Å². The highest BCUT2D eigenvalue weighted by molar-refractivity contribution is 7.89. The number of nitrogens with zero attached hydrogens (tertiary/aromatic N) is 2. The number of hydrogen-bond donors (Lipinski definition) is 1. The van der Waals surface area contributed by atoms with E-state index in [0.717, 1.165) is 29.6 Å². The van der Waals surface area contributed by atoms with E-state index in [9.17, 15) is 17.2 Å². The molecule has 9 heteroatoms. The Morgan fingerprint density at radius 1 is 1.04 bits per heavy atom. The molecule has 146 valence electrons. The number of hydrogen-bond acceptors (Lipinski definition) is 5. The molecule has 0 atom stereocenters. The summed E-state index contributed by atoms with van der Waals surface area (Å²) in [5.41, 5.74) is 1.62. The lowest BCUT2D eigenvalue weighted by Crippen LogP contribution is -2.40. The van der Waals surface area contributed by atoms with Crippen molar-refractivity contribution in [2.75, 3.05) is 0 Å². The van der Waals surface area contributed by atoms with Crippen molar-refractivity contribution in [1.29, 1.82) is 0 Å². The number of benzene rings is 1. The minimum Gasteiger partial charge on any atom is -0.460 e. The van der Waals surface area contributed by atoms with Gasteiger partial charge in [-0.1, -0.05) is 6.07 Å². The fourth-order valence-corrected chi connectivity index (χ4v) is 4.65. The van der Waals surface area contributed by atoms with E-state index in [4.69, 9.17) is 4.74 Å². The molecule has 1 saturated carbocycles. The largest absolute Gasteiger partial charge is 0.460 e. The monoisotopic (exact) mass is 397 g/mol. The zero-order valence-electron chi connectivity index (χ0n) is 15.1. The van der Waals surface area contributed by atoms with Crippen LogP contribution in [0.5, 0.6) is 6.01 Å². The van der Waals surface area contributed by atoms with Gasteiger partial charge in [0.05, 0.1) is 0 Å². The Kier molecular flexibility index (Phi) is 5.71. The van der Waals surface area contributed by atoms with Crippen molar-refractivity contribution in [3.8, 4) is 6.01 Å². The summed E-state index contributed by atoms with van der Waals surface area (Å²) in [6.45, 7) is 3.71. The van der Waals surface area contributed by atoms with Crippen LogP contribution < -0.4 is 9.46 Å². The molecule has 1 aromatic heterocycles. The molecule has 0 bridgehead atoms. The van der Waals surface area contributed by atoms with Crippen LogP contribution in [0.1, 0.15) is 37.1 Å². The second kappa shape index (κ2) is 7.85. The number of aromatic nitrogens is 2. The maximum atomic E-state index is 13.8. The summed E-state index contributed by atoms with van der Waals surface area (Å²) in [5, 5.41) is 0. The first-order chi connectivity index (χ1) is 12.7. The molecule has 1 aromatic carbocycles. The second-order valence-corrected chi connectivity index (χ2v) is 8.35. The Labute approximate surface area is 157 Å². The molecule has 3 rings (SSSR count). The predicted octanol–water partition coefficient (Wildman–Crippen LogP) is 3.04. The van der Waals surface area contributed by atoms with Crippen molar-refractivity contribution >= 4 is 10.0 Å². The number of nitrogens with one attached hydrogen (secondary N) is 1. The average molecular weight is 397 g/mol. The van der Waals surface area contributed by atoms with Gasteiger partial charge in [-0.25, -0.2) is 31.9 Å². The fourth-order valence-electron chi connectivity index (χ4n) is 3.21. The van der Waals surface area contributed by atoms with Gasteiger partial charge in [0.2, 0.25) is 10.0 Å². The average Bonchev–Trinajstić information content (AvgIpc) is 2.55. The molecule has 6 nitrogen and oxygen atoms in total. The number of aryl methyl sites for hydroxylation is 2. The molecule has 1 N–H and O–H groups in total. The van der Waals surface area contributed by atoms with Gasteiger partial charge in [0.15, 0.2) is 4.90 Å². The van der Waals surface area contributed by atoms with Gasteiger partial charge in [0.1, 0.15) is 17.7 Å². The third-order valence-electron chi connectivity index (χ3n) is 4.42. The van der Waals surface area contributed by atoms with E-state index in [1.807, 2.05) is 19.9 Å². The van der Waals surface area contributed by atoms with E-state index < -0.39 is 32.6 Å². The predicted molar refractivity (Wildman–Crippen MR) is 94.9 cm³/mol. The molecule has 27 heavy (non-hydrogen) atoms. The number of ether oxygens (including phenoxy) is 1. The van der Waals surface area contributed by atoms with E-state index in [0.29, 0.717) is 31.7 Å². The van der Waals surface area contributed by atoms with Gasteiger partial charge in [-0.15, -0.1) is 0 Å². The smallest absolute Gasteiger partial charge is 0.317 e. The molecule has 1 fully saturated rings. The number of sulfonamides is 1. The molecule has 2 aromatic rings. The Balaban J connectivity index is 1.61. The summed E-state index contributed by atoms with van der Waals surface area (Å²) in [6.07, 6.45) is 2.03. The van der Waals surface area contributed by atoms with Crippen molar-refractivity contribution in [2.45, 2.75) is 56.6 Å². The lowest BCUT2D eigenvalue weighted by atomic mass is 9.94. The third kappa shape index (κ3) is 4.78. The van der Waals surface area contributed by atoms with Gasteiger partial charge in [0.25, 0.3) is 0 Å². The van der Waals surface area contributed by atoms with Gasteiger partial charge in [-0.05, 0) is 57.7 Å². The van der Waals surface area contributed by atoms with Crippen LogP contribution >= 0.6 is 0 Å². The maximum absolute atomic E-state index is 13.8. The summed E-state index contributed by atoms with van der Waals surface area (Å²) in [5.74, 6) is -2.21. The Morgan fingerprint density at radius 3 is 2.15 bits per heavy atom. The standard InChI is InChI=1S/C18H21F2N3O3S/c1-11-10-12(2)22-18(21-11)26-14-8-6-13(7-9-14)23-27(24,25)17-15(19)4-3-5-16(17)20/h3-5,10,13-14,23H,6-9H2,1-2H3. The SMILES string of the molecule is Cc1cc(C)nc(OC2CCC(NS(=O)(=O)c3c(F)cccc3F)CC2)n1. The summed E-state index contributed by atoms with van der Waals surface area (Å²) in [4.78, 5) is 7.54. The maximum Gasteiger partial charge on any atom is 0.317 e. The minimum absolute atomic E-state index is 0.128. The van der Waals surface area contributed by atoms with Gasteiger partial charge < -0.3 is 4.74 Å². The lowest BCUT2D eigenvalue weighted by molar-refractivity contribution is 0.131. The van der Waals surface area contributed by atoms with E-state index in [-0.39, 0.29) is 6.10 Å². The molecule has 1 aliphatic rings. The number of rotatable bonds is 5. The first kappa shape index (κ1) is 19.6. The molecular formula is C18H21F2N3O3S. The van der Waals surface area contributed by atoms with Crippen LogP contribution in [0.4, 0.5) is 8.78 Å². The third-order valence-corrected chi connectivity index (χ3v) is 5.99. The molecule has 0 radical (unpaired) electrons. The van der Waals surface area contributed by atoms with Crippen molar-refractivity contribution < 1.29 is 21.9 Å². The molecular weight excluding hydrogens is 376 g/mol. The van der Waals surface area contributed by atoms with Gasteiger partial charge in [0, 0.05) is 17.4 Å². The van der Waals surface area contributed by atoms with E-state index >= 15 is 0 Å². The zero-order chi connectivity index (χ0) is 19.6. The zero-order valence-corrected chi connectivity index (χ0v) is 15.9. The van der Waals surface area contributed by atoms with E-state index in [1.165, 1.54) is 0 Å². The molecule has 1 aliphatic carbocycles. The number of halogens is 2. The minimum atomic E-state index is -4.27. The second-order valence-electron chi connectivity index (χ2n) is 6.70. The van der Waals surface area contributed by atoms with Gasteiger partial charge >= 0.3 is 6.01 Å². The topological polar surface area (TPSA) is 81.2 Å². The van der Waals surface area contributed by atoms with Crippen molar-refractivity contribution in [1.82, 2.24) is 14.7 Å².